The summed E-state index contributed by atoms with van der Waals surface area (Å²) in [7, 11) is 0. The standard InChI is InChI=1S/C15H17NO4/c1-8(2)20-12(17)7-16-13-10(4)9(3)5-6-11(13)14(18)15(16)19/h5-6,8H,7H2,1-4H3. The monoisotopic (exact) mass is 275 g/mol. The van der Waals surface area contributed by atoms with Crippen molar-refractivity contribution in [2.24, 2.45) is 0 Å². The van der Waals surface area contributed by atoms with Crippen molar-refractivity contribution in [2.45, 2.75) is 33.8 Å². The molecule has 0 radical (unpaired) electrons. The number of benzene rings is 1. The molecule has 0 bridgehead atoms. The maximum absolute atomic E-state index is 12.0. The average molecular weight is 275 g/mol. The molecular formula is C15H17NO4. The van der Waals surface area contributed by atoms with Crippen molar-refractivity contribution in [1.29, 1.82) is 0 Å². The molecule has 0 aliphatic carbocycles. The zero-order valence-corrected chi connectivity index (χ0v) is 12.0. The van der Waals surface area contributed by atoms with Gasteiger partial charge in [0.15, 0.2) is 0 Å². The second-order valence-electron chi connectivity index (χ2n) is 5.16. The van der Waals surface area contributed by atoms with Crippen LogP contribution in [-0.4, -0.2) is 30.3 Å². The van der Waals surface area contributed by atoms with Gasteiger partial charge in [0.25, 0.3) is 11.7 Å². The van der Waals surface area contributed by atoms with Crippen LogP contribution >= 0.6 is 0 Å². The van der Waals surface area contributed by atoms with E-state index in [2.05, 4.69) is 0 Å². The third-order valence-corrected chi connectivity index (χ3v) is 3.31. The Morgan fingerprint density at radius 1 is 1.25 bits per heavy atom. The summed E-state index contributed by atoms with van der Waals surface area (Å²) in [6.45, 7) is 6.96. The number of fused-ring (bicyclic) bond motifs is 1. The molecule has 0 N–H and O–H groups in total. The van der Waals surface area contributed by atoms with E-state index >= 15 is 0 Å². The van der Waals surface area contributed by atoms with Gasteiger partial charge in [0, 0.05) is 0 Å². The third kappa shape index (κ3) is 2.31. The first kappa shape index (κ1) is 14.2. The van der Waals surface area contributed by atoms with E-state index in [9.17, 15) is 14.4 Å². The van der Waals surface area contributed by atoms with E-state index in [-0.39, 0.29) is 12.6 Å². The summed E-state index contributed by atoms with van der Waals surface area (Å²) >= 11 is 0. The van der Waals surface area contributed by atoms with Crippen LogP contribution in [0.5, 0.6) is 0 Å². The Morgan fingerprint density at radius 2 is 1.90 bits per heavy atom. The lowest BCUT2D eigenvalue weighted by Gasteiger charge is -2.19. The molecule has 5 heteroatoms. The number of amides is 1. The molecule has 1 heterocycles. The lowest BCUT2D eigenvalue weighted by molar-refractivity contribution is -0.146. The van der Waals surface area contributed by atoms with Crippen molar-refractivity contribution in [3.63, 3.8) is 0 Å². The van der Waals surface area contributed by atoms with Gasteiger partial charge in [0.05, 0.1) is 17.4 Å². The van der Waals surface area contributed by atoms with Gasteiger partial charge in [-0.15, -0.1) is 0 Å². The van der Waals surface area contributed by atoms with Gasteiger partial charge in [-0.05, 0) is 44.9 Å². The zero-order valence-electron chi connectivity index (χ0n) is 12.0. The summed E-state index contributed by atoms with van der Waals surface area (Å²) in [6, 6.07) is 3.43. The number of esters is 1. The van der Waals surface area contributed by atoms with Crippen LogP contribution < -0.4 is 4.90 Å². The fraction of sp³-hybridized carbons (Fsp3) is 0.400. The smallest absolute Gasteiger partial charge is 0.326 e. The van der Waals surface area contributed by atoms with Gasteiger partial charge in [-0.3, -0.25) is 19.3 Å². The zero-order chi connectivity index (χ0) is 15.0. The minimum absolute atomic E-state index is 0.236. The second kappa shape index (κ2) is 5.07. The summed E-state index contributed by atoms with van der Waals surface area (Å²) in [5.41, 5.74) is 2.68. The van der Waals surface area contributed by atoms with Crippen molar-refractivity contribution >= 4 is 23.3 Å². The van der Waals surface area contributed by atoms with Crippen molar-refractivity contribution in [3.8, 4) is 0 Å². The summed E-state index contributed by atoms with van der Waals surface area (Å²) in [5, 5.41) is 0. The fourth-order valence-electron chi connectivity index (χ4n) is 2.25. The molecule has 5 nitrogen and oxygen atoms in total. The van der Waals surface area contributed by atoms with Crippen LogP contribution in [0.1, 0.15) is 35.3 Å². The number of anilines is 1. The van der Waals surface area contributed by atoms with Crippen LogP contribution in [0.3, 0.4) is 0 Å². The van der Waals surface area contributed by atoms with E-state index in [0.29, 0.717) is 11.3 Å². The third-order valence-electron chi connectivity index (χ3n) is 3.31. The highest BCUT2D eigenvalue weighted by Crippen LogP contribution is 2.33. The number of nitrogens with zero attached hydrogens (tertiary/aromatic N) is 1. The highest BCUT2D eigenvalue weighted by atomic mass is 16.5. The largest absolute Gasteiger partial charge is 0.462 e. The van der Waals surface area contributed by atoms with E-state index in [1.165, 1.54) is 4.90 Å². The summed E-state index contributed by atoms with van der Waals surface area (Å²) in [5.74, 6) is -1.76. The SMILES string of the molecule is Cc1ccc2c(c1C)N(CC(=O)OC(C)C)C(=O)C2=O. The molecule has 0 spiro atoms. The molecule has 0 saturated heterocycles. The van der Waals surface area contributed by atoms with Crippen LogP contribution in [-0.2, 0) is 14.3 Å². The predicted octanol–water partition coefficient (Wildman–Crippen LogP) is 1.78. The highest BCUT2D eigenvalue weighted by molar-refractivity contribution is 6.52. The molecule has 1 aliphatic heterocycles. The lowest BCUT2D eigenvalue weighted by atomic mass is 10.0. The Labute approximate surface area is 117 Å². The number of carbonyl (C=O) groups excluding carboxylic acids is 3. The number of hydrogen-bond donors (Lipinski definition) is 0. The molecule has 2 rings (SSSR count). The maximum Gasteiger partial charge on any atom is 0.326 e. The normalized spacial score (nSPS) is 13.9. The first-order valence-corrected chi connectivity index (χ1v) is 6.48. The average Bonchev–Trinajstić information content (AvgIpc) is 2.58. The van der Waals surface area contributed by atoms with Crippen LogP contribution in [0.2, 0.25) is 0 Å². The first-order chi connectivity index (χ1) is 9.32. The number of ether oxygens (including phenoxy) is 1. The van der Waals surface area contributed by atoms with Gasteiger partial charge in [0.1, 0.15) is 6.54 Å². The van der Waals surface area contributed by atoms with Gasteiger partial charge in [-0.2, -0.15) is 0 Å². The Bertz CT molecular complexity index is 604. The van der Waals surface area contributed by atoms with Crippen molar-refractivity contribution in [3.05, 3.63) is 28.8 Å². The van der Waals surface area contributed by atoms with Gasteiger partial charge in [0.2, 0.25) is 0 Å². The minimum atomic E-state index is -0.672. The molecule has 0 fully saturated rings. The first-order valence-electron chi connectivity index (χ1n) is 6.48. The Kier molecular flexibility index (Phi) is 3.61. The maximum atomic E-state index is 12.0. The van der Waals surface area contributed by atoms with Gasteiger partial charge in [-0.25, -0.2) is 0 Å². The Balaban J connectivity index is 2.37. The van der Waals surface area contributed by atoms with E-state index in [4.69, 9.17) is 4.74 Å². The molecule has 20 heavy (non-hydrogen) atoms. The molecule has 1 aromatic carbocycles. The molecular weight excluding hydrogens is 258 g/mol. The van der Waals surface area contributed by atoms with Gasteiger partial charge < -0.3 is 4.74 Å². The van der Waals surface area contributed by atoms with Crippen molar-refractivity contribution in [1.82, 2.24) is 0 Å². The molecule has 1 amide bonds. The van der Waals surface area contributed by atoms with E-state index in [1.54, 1.807) is 26.0 Å². The van der Waals surface area contributed by atoms with Gasteiger partial charge >= 0.3 is 5.97 Å². The van der Waals surface area contributed by atoms with E-state index < -0.39 is 17.7 Å². The Morgan fingerprint density at radius 3 is 2.50 bits per heavy atom. The van der Waals surface area contributed by atoms with Crippen LogP contribution in [0.25, 0.3) is 0 Å². The Hall–Kier alpha value is -2.17. The predicted molar refractivity (Wildman–Crippen MR) is 73.8 cm³/mol. The van der Waals surface area contributed by atoms with Crippen LogP contribution in [0, 0.1) is 13.8 Å². The summed E-state index contributed by atoms with van der Waals surface area (Å²) in [4.78, 5) is 36.9. The molecule has 1 aliphatic rings. The number of rotatable bonds is 3. The molecule has 0 saturated carbocycles. The van der Waals surface area contributed by atoms with Crippen molar-refractivity contribution < 1.29 is 19.1 Å². The molecule has 1 aromatic rings. The number of aryl methyl sites for hydroxylation is 1. The number of carbonyl (C=O) groups is 3. The van der Waals surface area contributed by atoms with E-state index in [1.807, 2.05) is 13.8 Å². The van der Waals surface area contributed by atoms with Crippen LogP contribution in [0.15, 0.2) is 12.1 Å². The quantitative estimate of drug-likeness (QED) is 0.623. The van der Waals surface area contributed by atoms with Gasteiger partial charge in [-0.1, -0.05) is 6.07 Å². The topological polar surface area (TPSA) is 63.7 Å². The van der Waals surface area contributed by atoms with Crippen molar-refractivity contribution in [2.75, 3.05) is 11.4 Å². The number of ketones is 1. The van der Waals surface area contributed by atoms with E-state index in [0.717, 1.165) is 11.1 Å². The minimum Gasteiger partial charge on any atom is -0.462 e. The number of hydrogen-bond acceptors (Lipinski definition) is 4. The summed E-state index contributed by atoms with van der Waals surface area (Å²) in [6.07, 6.45) is -0.256. The molecule has 0 atom stereocenters. The molecule has 0 aromatic heterocycles. The summed E-state index contributed by atoms with van der Waals surface area (Å²) < 4.78 is 5.04. The lowest BCUT2D eigenvalue weighted by Crippen LogP contribution is -2.36. The van der Waals surface area contributed by atoms with Crippen LogP contribution in [0.4, 0.5) is 5.69 Å². The number of Topliss-reactive ketones (excluding diaryl/α,β-unsaturated/α-hetero) is 1. The highest BCUT2D eigenvalue weighted by Gasteiger charge is 2.38. The molecule has 106 valence electrons. The fourth-order valence-corrected chi connectivity index (χ4v) is 2.25. The second-order valence-corrected chi connectivity index (χ2v) is 5.16. The molecule has 0 unspecified atom stereocenters.